The Morgan fingerprint density at radius 3 is 0.978 bits per heavy atom. The fourth-order valence-electron chi connectivity index (χ4n) is 8.42. The topological polar surface area (TPSA) is 137 Å². The summed E-state index contributed by atoms with van der Waals surface area (Å²) in [6.07, 6.45) is 7.88. The van der Waals surface area contributed by atoms with Gasteiger partial charge in [0.15, 0.2) is 49.9 Å². The summed E-state index contributed by atoms with van der Waals surface area (Å²) in [6.45, 7) is 86.8. The molecule has 0 aliphatic carbocycles. The van der Waals surface area contributed by atoms with Crippen LogP contribution in [0.25, 0.3) is 0 Å². The number of allylic oxidation sites excluding steroid dienone is 2. The van der Waals surface area contributed by atoms with E-state index in [2.05, 4.69) is 289 Å². The molecule has 0 aromatic heterocycles. The van der Waals surface area contributed by atoms with Crippen molar-refractivity contribution >= 4 is 114 Å². The summed E-state index contributed by atoms with van der Waals surface area (Å²) in [5.41, 5.74) is -5.34. The highest BCUT2D eigenvalue weighted by Gasteiger charge is 2.59. The van der Waals surface area contributed by atoms with E-state index < -0.39 is 109 Å². The fourth-order valence-corrected chi connectivity index (χ4v) is 20.6. The van der Waals surface area contributed by atoms with Gasteiger partial charge in [-0.3, -0.25) is 0 Å². The highest BCUT2D eigenvalue weighted by Crippen LogP contribution is 2.50. The van der Waals surface area contributed by atoms with Gasteiger partial charge < -0.3 is 45.0 Å². The molecule has 2 aliphatic rings. The molecule has 1 N–H and O–H groups in total. The molecule has 0 radical (unpaired) electrons. The number of aliphatic hydroxyl groups excluding tert-OH is 1. The van der Waals surface area contributed by atoms with Crippen molar-refractivity contribution in [3.8, 4) is 0 Å². The Morgan fingerprint density at radius 1 is 0.452 bits per heavy atom. The molecule has 12 nitrogen and oxygen atoms in total. The van der Waals surface area contributed by atoms with Crippen molar-refractivity contribution < 1.29 is 66.6 Å². The van der Waals surface area contributed by atoms with Crippen molar-refractivity contribution in [3.63, 3.8) is 0 Å². The zero-order chi connectivity index (χ0) is 74.4. The zero-order valence-electron chi connectivity index (χ0n) is 65.4. The number of aliphatic hydroxyl groups is 1. The van der Waals surface area contributed by atoms with Crippen molar-refractivity contribution in [2.45, 2.75) is 378 Å². The molecule has 0 aromatic rings. The maximum absolute atomic E-state index is 12.1. The average molecular weight is 1690 g/mol. The van der Waals surface area contributed by atoms with Gasteiger partial charge in [-0.1, -0.05) is 210 Å². The lowest BCUT2D eigenvalue weighted by atomic mass is 9.84. The summed E-state index contributed by atoms with van der Waals surface area (Å²) in [7, 11) is -21.5. The lowest BCUT2D eigenvalue weighted by molar-refractivity contribution is -0.229. The van der Waals surface area contributed by atoms with Crippen LogP contribution in [-0.4, -0.2) is 144 Å². The highest BCUT2D eigenvalue weighted by molar-refractivity contribution is 14.1. The maximum atomic E-state index is 12.1. The molecule has 0 bridgehead atoms. The van der Waals surface area contributed by atoms with Gasteiger partial charge in [-0.15, -0.1) is 13.2 Å². The van der Waals surface area contributed by atoms with Crippen molar-refractivity contribution in [1.82, 2.24) is 0 Å². The minimum Gasteiger partial charge on any atom is -0.411 e. The zero-order valence-corrected chi connectivity index (χ0v) is 77.5. The number of hydrogen-bond acceptors (Lipinski definition) is 12. The normalized spacial score (nSPS) is 25.3. The SMILES string of the molecule is C=CCC[C@@H]1O[C@@H]([C@H](/C=C/I)O[Si](C)(C)C(C)(C)C)[C@@H](O[Si](C)(C)C(C)(C)C)[C@@H](O[Si](C)(C)C(C)(C)C)[C@H]1C.C=CCC[C@@H]1O[C@@H]([C@H](/C=C/I)O[Si](C)(C)C(C)(C)C)[C@@H](O[Si](C)(C)C(C)(C)C)[C@@H](O[Si](C)(C)C(C)(C)C)[C@H]1O.CC(C)(C)[Si](C)(C)OS(=O)(=O)C(F)(F)F. The van der Waals surface area contributed by atoms with Crippen molar-refractivity contribution in [1.29, 1.82) is 0 Å². The quantitative estimate of drug-likeness (QED) is 0.0426. The molecule has 0 spiro atoms. The Balaban J connectivity index is 0.00000149. The van der Waals surface area contributed by atoms with E-state index >= 15 is 0 Å². The molecule has 0 unspecified atom stereocenters. The number of rotatable bonds is 24. The van der Waals surface area contributed by atoms with Gasteiger partial charge >= 0.3 is 15.6 Å². The summed E-state index contributed by atoms with van der Waals surface area (Å²) < 4.78 is 123. The van der Waals surface area contributed by atoms with Gasteiger partial charge in [-0.05, 0) is 173 Å². The van der Waals surface area contributed by atoms with E-state index in [0.717, 1.165) is 19.3 Å². The molecule has 93 heavy (non-hydrogen) atoms. The second-order valence-electron chi connectivity index (χ2n) is 36.8. The molecule has 0 saturated carbocycles. The standard InChI is InChI=1S/C31H63IO4Si3.C30H61IO5Si3.C7H15F3O3SSi/c1-18-19-20-24-23(2)26(35-38(14,15)30(6,7)8)28(36-39(16,17)31(9,10)11)27(33-24)25(21-22-32)34-37(12,13)29(3,4)5;1-17-18-19-22-24(32)26(35-38(13,14)29(5,6)7)27(36-39(15,16)30(8,9)10)25(33-22)23(20-21-31)34-37(11,12)28(2,3)4;1-6(2,3)15(4,5)13-14(11,12)7(8,9)10/h18,21-28H,1,19-20H2,2-17H3;17,20-27,32H,1,18-19H2,2-16H3;1-5H3/b22-21+;21-20+;/t23-,24-,25-,26-,27-,28-;22-,23-,24-,25-,26-,27+;/m00./s1. The molecule has 552 valence electrons. The van der Waals surface area contributed by atoms with Crippen LogP contribution in [0.2, 0.25) is 127 Å². The molecule has 0 amide bonds. The van der Waals surface area contributed by atoms with Gasteiger partial charge in [-0.2, -0.15) is 21.6 Å². The summed E-state index contributed by atoms with van der Waals surface area (Å²) in [4.78, 5) is 0. The number of halogens is 5. The maximum Gasteiger partial charge on any atom is 0.522 e. The van der Waals surface area contributed by atoms with Crippen molar-refractivity contribution in [2.75, 3.05) is 0 Å². The third kappa shape index (κ3) is 26.5. The predicted octanol–water partition coefficient (Wildman–Crippen LogP) is 22.5. The van der Waals surface area contributed by atoms with Crippen molar-refractivity contribution in [2.24, 2.45) is 5.92 Å². The van der Waals surface area contributed by atoms with Gasteiger partial charge in [0.1, 0.15) is 30.5 Å². The van der Waals surface area contributed by atoms with E-state index in [1.807, 2.05) is 16.2 Å². The van der Waals surface area contributed by atoms with E-state index in [0.29, 0.717) is 6.42 Å². The van der Waals surface area contributed by atoms with Crippen molar-refractivity contribution in [3.05, 3.63) is 45.6 Å². The van der Waals surface area contributed by atoms with E-state index in [1.54, 1.807) is 20.8 Å². The first-order chi connectivity index (χ1) is 40.9. The Morgan fingerprint density at radius 2 is 0.710 bits per heavy atom. The molecule has 12 atom stereocenters. The molecule has 0 aromatic carbocycles. The van der Waals surface area contributed by atoms with E-state index in [1.165, 1.54) is 13.1 Å². The lowest BCUT2D eigenvalue weighted by Crippen LogP contribution is -2.67. The van der Waals surface area contributed by atoms with Crippen LogP contribution in [0, 0.1) is 5.92 Å². The first kappa shape index (κ1) is 94.3. The minimum absolute atomic E-state index is 0.0153. The monoisotopic (exact) mass is 1690 g/mol. The molecular formula is C68H139F3I2O12SSi7. The Labute approximate surface area is 604 Å². The van der Waals surface area contributed by atoms with Crippen LogP contribution in [0.15, 0.2) is 45.6 Å². The van der Waals surface area contributed by atoms with E-state index in [-0.39, 0.29) is 72.8 Å². The number of ether oxygens (including phenoxy) is 2. The fraction of sp³-hybridized carbons (Fsp3) is 0.882. The Kier molecular flexibility index (Phi) is 34.7. The second kappa shape index (κ2) is 34.3. The van der Waals surface area contributed by atoms with E-state index in [4.69, 9.17) is 36.0 Å². The molecule has 2 rings (SSSR count). The molecule has 2 saturated heterocycles. The lowest BCUT2D eigenvalue weighted by Gasteiger charge is -2.54. The minimum atomic E-state index is -5.48. The van der Waals surface area contributed by atoms with Crippen LogP contribution >= 0.6 is 45.2 Å². The summed E-state index contributed by atoms with van der Waals surface area (Å²) >= 11 is 4.59. The van der Waals surface area contributed by atoms with Gasteiger partial charge in [0.2, 0.25) is 8.32 Å². The number of alkyl halides is 3. The Hall–Kier alpha value is 1.28. The molecule has 2 aliphatic heterocycles. The Bertz CT molecular complexity index is 2370. The predicted molar refractivity (Wildman–Crippen MR) is 423 cm³/mol. The molecule has 25 heteroatoms. The summed E-state index contributed by atoms with van der Waals surface area (Å²) in [5.74, 6) is 0.196. The molecular weight excluding hydrogens is 1550 g/mol. The van der Waals surface area contributed by atoms with Gasteiger partial charge in [-0.25, -0.2) is 0 Å². The second-order valence-corrected chi connectivity index (χ2v) is 73.3. The van der Waals surface area contributed by atoms with Crippen LogP contribution in [-0.2, 0) is 50.0 Å². The third-order valence-electron chi connectivity index (χ3n) is 22.1. The molecule has 2 fully saturated rings. The van der Waals surface area contributed by atoms with Gasteiger partial charge in [0, 0.05) is 5.92 Å². The van der Waals surface area contributed by atoms with Crippen LogP contribution in [0.3, 0.4) is 0 Å². The smallest absolute Gasteiger partial charge is 0.411 e. The van der Waals surface area contributed by atoms with Crippen LogP contribution in [0.5, 0.6) is 0 Å². The first-order valence-corrected chi connectivity index (χ1v) is 58.0. The summed E-state index contributed by atoms with van der Waals surface area (Å²) in [5, 5.41) is 11.5. The van der Waals surface area contributed by atoms with Crippen LogP contribution in [0.4, 0.5) is 13.2 Å². The van der Waals surface area contributed by atoms with Gasteiger partial charge in [0.25, 0.3) is 0 Å². The van der Waals surface area contributed by atoms with E-state index in [9.17, 15) is 26.7 Å². The molecule has 2 heterocycles. The first-order valence-electron chi connectivity index (χ1n) is 33.7. The summed E-state index contributed by atoms with van der Waals surface area (Å²) in [6, 6.07) is 0. The average Bonchev–Trinajstić information content (AvgIpc) is 0.764. The number of hydrogen-bond donors (Lipinski definition) is 1. The van der Waals surface area contributed by atoms with Gasteiger partial charge in [0.05, 0.1) is 36.6 Å². The highest BCUT2D eigenvalue weighted by atomic mass is 127. The third-order valence-corrected chi connectivity index (χ3v) is 56.5. The van der Waals surface area contributed by atoms with Crippen LogP contribution < -0.4 is 0 Å². The largest absolute Gasteiger partial charge is 0.522 e. The van der Waals surface area contributed by atoms with Crippen LogP contribution in [0.1, 0.15) is 178 Å².